The lowest BCUT2D eigenvalue weighted by atomic mass is 9.79. The zero-order valence-electron chi connectivity index (χ0n) is 17.1. The van der Waals surface area contributed by atoms with E-state index in [2.05, 4.69) is 13.2 Å². The standard InChI is InChI=1S/C24H22O6/c1-12(2)10-16-17(24(28)30-11-13(3)4)23(29-5)19-18(22(16)27)20(25)14-8-6-7-9-15(14)21(19)26/h6-9,27H,1,3,10-11H2,2,4-5H3. The van der Waals surface area contributed by atoms with Crippen LogP contribution in [0.15, 0.2) is 48.6 Å². The van der Waals surface area contributed by atoms with Crippen LogP contribution in [0.1, 0.15) is 61.6 Å². The molecule has 0 saturated carbocycles. The Morgan fingerprint density at radius 1 is 1.00 bits per heavy atom. The van der Waals surface area contributed by atoms with Crippen LogP contribution in [0.2, 0.25) is 0 Å². The fourth-order valence-electron chi connectivity index (χ4n) is 3.50. The molecule has 6 heteroatoms. The van der Waals surface area contributed by atoms with Gasteiger partial charge in [-0.15, -0.1) is 0 Å². The molecule has 1 N–H and O–H groups in total. The fourth-order valence-corrected chi connectivity index (χ4v) is 3.50. The number of fused-ring (bicyclic) bond motifs is 2. The minimum absolute atomic E-state index is 0.0396. The molecular formula is C24H22O6. The highest BCUT2D eigenvalue weighted by Gasteiger charge is 2.39. The van der Waals surface area contributed by atoms with Crippen molar-refractivity contribution in [1.82, 2.24) is 0 Å². The third-order valence-corrected chi connectivity index (χ3v) is 4.74. The molecule has 0 aliphatic heterocycles. The van der Waals surface area contributed by atoms with E-state index in [0.29, 0.717) is 11.1 Å². The zero-order chi connectivity index (χ0) is 22.2. The summed E-state index contributed by atoms with van der Waals surface area (Å²) >= 11 is 0. The summed E-state index contributed by atoms with van der Waals surface area (Å²) < 4.78 is 10.7. The summed E-state index contributed by atoms with van der Waals surface area (Å²) in [6.07, 6.45) is 0.0933. The van der Waals surface area contributed by atoms with Crippen molar-refractivity contribution in [3.63, 3.8) is 0 Å². The Balaban J connectivity index is 2.36. The summed E-state index contributed by atoms with van der Waals surface area (Å²) in [5, 5.41) is 11.0. The van der Waals surface area contributed by atoms with Gasteiger partial charge in [0.2, 0.25) is 0 Å². The number of phenols is 1. The summed E-state index contributed by atoms with van der Waals surface area (Å²) in [6, 6.07) is 6.33. The number of methoxy groups -OCH3 is 1. The molecule has 0 radical (unpaired) electrons. The third-order valence-electron chi connectivity index (χ3n) is 4.74. The SMILES string of the molecule is C=C(C)COC(=O)c1c(CC(=C)C)c(O)c2c(c1OC)C(=O)c1ccccc1C2=O. The molecule has 3 rings (SSSR count). The number of esters is 1. The lowest BCUT2D eigenvalue weighted by Crippen LogP contribution is -2.25. The molecule has 0 amide bonds. The van der Waals surface area contributed by atoms with E-state index in [1.807, 2.05) is 0 Å². The first-order chi connectivity index (χ1) is 14.2. The molecule has 2 aromatic carbocycles. The normalized spacial score (nSPS) is 12.1. The van der Waals surface area contributed by atoms with E-state index in [9.17, 15) is 19.5 Å². The molecule has 1 aliphatic carbocycles. The van der Waals surface area contributed by atoms with Crippen molar-refractivity contribution < 1.29 is 29.0 Å². The zero-order valence-corrected chi connectivity index (χ0v) is 17.1. The number of rotatable bonds is 6. The molecule has 30 heavy (non-hydrogen) atoms. The lowest BCUT2D eigenvalue weighted by Gasteiger charge is -2.25. The summed E-state index contributed by atoms with van der Waals surface area (Å²) in [5.41, 5.74) is 1.33. The lowest BCUT2D eigenvalue weighted by molar-refractivity contribution is 0.0534. The van der Waals surface area contributed by atoms with Crippen LogP contribution >= 0.6 is 0 Å². The van der Waals surface area contributed by atoms with Gasteiger partial charge in [0.15, 0.2) is 11.6 Å². The van der Waals surface area contributed by atoms with Gasteiger partial charge in [-0.3, -0.25) is 9.59 Å². The van der Waals surface area contributed by atoms with Gasteiger partial charge >= 0.3 is 5.97 Å². The van der Waals surface area contributed by atoms with Gasteiger partial charge in [-0.05, 0) is 25.8 Å². The van der Waals surface area contributed by atoms with Crippen LogP contribution in [0.4, 0.5) is 0 Å². The number of hydrogen-bond acceptors (Lipinski definition) is 6. The predicted molar refractivity (Wildman–Crippen MR) is 112 cm³/mol. The molecule has 0 atom stereocenters. The molecule has 0 spiro atoms. The average Bonchev–Trinajstić information content (AvgIpc) is 2.70. The van der Waals surface area contributed by atoms with Gasteiger partial charge in [0, 0.05) is 16.7 Å². The van der Waals surface area contributed by atoms with E-state index >= 15 is 0 Å². The van der Waals surface area contributed by atoms with E-state index in [4.69, 9.17) is 9.47 Å². The van der Waals surface area contributed by atoms with E-state index in [1.54, 1.807) is 26.0 Å². The molecule has 0 bridgehead atoms. The Morgan fingerprint density at radius 2 is 1.57 bits per heavy atom. The van der Waals surface area contributed by atoms with Crippen molar-refractivity contribution in [2.45, 2.75) is 20.3 Å². The second-order valence-electron chi connectivity index (χ2n) is 7.36. The number of phenolic OH excluding ortho intramolecular Hbond substituents is 1. The Labute approximate surface area is 174 Å². The van der Waals surface area contributed by atoms with E-state index in [-0.39, 0.29) is 52.2 Å². The molecule has 6 nitrogen and oxygen atoms in total. The average molecular weight is 406 g/mol. The second kappa shape index (κ2) is 7.99. The molecule has 1 aliphatic rings. The number of ketones is 2. The first-order valence-electron chi connectivity index (χ1n) is 9.29. The Bertz CT molecular complexity index is 1120. The van der Waals surface area contributed by atoms with Gasteiger partial charge in [-0.2, -0.15) is 0 Å². The largest absolute Gasteiger partial charge is 0.507 e. The van der Waals surface area contributed by atoms with Gasteiger partial charge in [-0.25, -0.2) is 4.79 Å². The molecule has 0 aromatic heterocycles. The van der Waals surface area contributed by atoms with Crippen LogP contribution in [0.25, 0.3) is 0 Å². The molecular weight excluding hydrogens is 384 g/mol. The number of benzene rings is 2. The maximum atomic E-state index is 13.2. The van der Waals surface area contributed by atoms with Crippen molar-refractivity contribution in [2.24, 2.45) is 0 Å². The topological polar surface area (TPSA) is 89.9 Å². The third kappa shape index (κ3) is 3.41. The monoisotopic (exact) mass is 406 g/mol. The van der Waals surface area contributed by atoms with Crippen LogP contribution in [0, 0.1) is 0 Å². The molecule has 0 heterocycles. The van der Waals surface area contributed by atoms with Crippen molar-refractivity contribution in [1.29, 1.82) is 0 Å². The quantitative estimate of drug-likeness (QED) is 0.491. The Morgan fingerprint density at radius 3 is 2.07 bits per heavy atom. The van der Waals surface area contributed by atoms with Crippen molar-refractivity contribution in [3.8, 4) is 11.5 Å². The number of ether oxygens (including phenoxy) is 2. The van der Waals surface area contributed by atoms with E-state index in [0.717, 1.165) is 0 Å². The summed E-state index contributed by atoms with van der Waals surface area (Å²) in [6.45, 7) is 10.9. The van der Waals surface area contributed by atoms with Gasteiger partial charge in [0.25, 0.3) is 0 Å². The maximum Gasteiger partial charge on any atom is 0.342 e. The molecule has 0 fully saturated rings. The Hall–Kier alpha value is -3.67. The summed E-state index contributed by atoms with van der Waals surface area (Å²) in [7, 11) is 1.30. The van der Waals surface area contributed by atoms with Gasteiger partial charge in [-0.1, -0.05) is 43.0 Å². The van der Waals surface area contributed by atoms with E-state index < -0.39 is 23.3 Å². The Kier molecular flexibility index (Phi) is 5.60. The molecule has 0 saturated heterocycles. The highest BCUT2D eigenvalue weighted by molar-refractivity contribution is 6.31. The second-order valence-corrected chi connectivity index (χ2v) is 7.36. The highest BCUT2D eigenvalue weighted by Crippen LogP contribution is 2.44. The molecule has 0 unspecified atom stereocenters. The van der Waals surface area contributed by atoms with Crippen molar-refractivity contribution in [2.75, 3.05) is 13.7 Å². The predicted octanol–water partition coefficient (Wildman–Crippen LogP) is 4.03. The number of allylic oxidation sites excluding steroid dienone is 1. The highest BCUT2D eigenvalue weighted by atomic mass is 16.5. The fraction of sp³-hybridized carbons (Fsp3) is 0.208. The number of carbonyl (C=O) groups excluding carboxylic acids is 3. The van der Waals surface area contributed by atoms with Gasteiger partial charge < -0.3 is 14.6 Å². The van der Waals surface area contributed by atoms with E-state index in [1.165, 1.54) is 19.2 Å². The minimum Gasteiger partial charge on any atom is -0.507 e. The first kappa shape index (κ1) is 21.0. The van der Waals surface area contributed by atoms with Crippen molar-refractivity contribution >= 4 is 17.5 Å². The van der Waals surface area contributed by atoms with Crippen LogP contribution in [-0.4, -0.2) is 36.4 Å². The summed E-state index contributed by atoms with van der Waals surface area (Å²) in [4.78, 5) is 39.3. The van der Waals surface area contributed by atoms with Crippen molar-refractivity contribution in [3.05, 3.63) is 82.0 Å². The van der Waals surface area contributed by atoms with Gasteiger partial charge in [0.1, 0.15) is 23.7 Å². The van der Waals surface area contributed by atoms with Crippen LogP contribution in [0.3, 0.4) is 0 Å². The number of hydrogen-bond donors (Lipinski definition) is 1. The van der Waals surface area contributed by atoms with Crippen LogP contribution in [0.5, 0.6) is 11.5 Å². The van der Waals surface area contributed by atoms with Crippen LogP contribution in [-0.2, 0) is 11.2 Å². The summed E-state index contributed by atoms with van der Waals surface area (Å²) in [5.74, 6) is -2.35. The molecule has 154 valence electrons. The maximum absolute atomic E-state index is 13.2. The van der Waals surface area contributed by atoms with Gasteiger partial charge in [0.05, 0.1) is 18.2 Å². The first-order valence-corrected chi connectivity index (χ1v) is 9.29. The van der Waals surface area contributed by atoms with Crippen LogP contribution < -0.4 is 4.74 Å². The number of aromatic hydroxyl groups is 1. The number of carbonyl (C=O) groups is 3. The minimum atomic E-state index is -0.789. The smallest absolute Gasteiger partial charge is 0.342 e. The molecule has 2 aromatic rings.